The lowest BCUT2D eigenvalue weighted by Crippen LogP contribution is -2.64. The van der Waals surface area contributed by atoms with Crippen molar-refractivity contribution in [2.75, 3.05) is 31.6 Å². The van der Waals surface area contributed by atoms with Crippen LogP contribution in [0.3, 0.4) is 0 Å². The number of carbonyl (C=O) groups excluding carboxylic acids is 1. The number of carbonyl (C=O) groups is 1. The van der Waals surface area contributed by atoms with E-state index in [2.05, 4.69) is 70.1 Å². The van der Waals surface area contributed by atoms with Crippen molar-refractivity contribution in [3.63, 3.8) is 0 Å². The Balaban J connectivity index is 1.94. The predicted molar refractivity (Wildman–Crippen MR) is 149 cm³/mol. The minimum atomic E-state index is -0.596. The number of hydrogen-bond donors (Lipinski definition) is 0. The van der Waals surface area contributed by atoms with Crippen molar-refractivity contribution in [3.8, 4) is 11.6 Å². The van der Waals surface area contributed by atoms with Crippen LogP contribution in [0.2, 0.25) is 5.04 Å². The number of piperazine rings is 1. The van der Waals surface area contributed by atoms with Crippen LogP contribution < -0.4 is 9.64 Å². The van der Waals surface area contributed by atoms with Crippen LogP contribution in [0.25, 0.3) is 5.82 Å². The van der Waals surface area contributed by atoms with Gasteiger partial charge in [0.25, 0.3) is 0 Å². The number of pyridine rings is 1. The first-order valence-corrected chi connectivity index (χ1v) is 13.8. The summed E-state index contributed by atoms with van der Waals surface area (Å²) in [4.78, 5) is 22.1. The standard InChI is InChI=1S/C28H44N4O4Si/c1-19-12-13-20(2)32(19)24-16-22(34-11)21(17-29-24)30-14-15-31(25(33)35-26(3,4)5)23(18-30)28(9,10)36-37-27(6,7)8/h12-13,16-17,23H,14-15,18H2,1-11H3/t23-/m1/s1. The number of ether oxygens (including phenoxy) is 2. The minimum Gasteiger partial charge on any atom is -0.494 e. The van der Waals surface area contributed by atoms with Crippen LogP contribution in [0.15, 0.2) is 24.4 Å². The number of rotatable bonds is 6. The monoisotopic (exact) mass is 528 g/mol. The zero-order valence-electron chi connectivity index (χ0n) is 24.4. The van der Waals surface area contributed by atoms with Crippen molar-refractivity contribution in [1.82, 2.24) is 14.5 Å². The van der Waals surface area contributed by atoms with Crippen molar-refractivity contribution in [2.45, 2.75) is 91.5 Å². The van der Waals surface area contributed by atoms with Crippen molar-refractivity contribution in [2.24, 2.45) is 0 Å². The third kappa shape index (κ3) is 7.07. The molecule has 0 saturated carbocycles. The number of amides is 1. The highest BCUT2D eigenvalue weighted by Crippen LogP contribution is 2.35. The zero-order valence-corrected chi connectivity index (χ0v) is 25.4. The van der Waals surface area contributed by atoms with Gasteiger partial charge in [-0.25, -0.2) is 9.78 Å². The summed E-state index contributed by atoms with van der Waals surface area (Å²) >= 11 is 0. The lowest BCUT2D eigenvalue weighted by Gasteiger charge is -2.49. The Hall–Kier alpha value is -2.52. The maximum atomic E-state index is 13.3. The van der Waals surface area contributed by atoms with Crippen molar-refractivity contribution < 1.29 is 18.7 Å². The van der Waals surface area contributed by atoms with Crippen LogP contribution in [0, 0.1) is 13.8 Å². The number of aryl methyl sites for hydroxylation is 2. The van der Waals surface area contributed by atoms with Crippen molar-refractivity contribution in [3.05, 3.63) is 35.8 Å². The molecular formula is C28H44N4O4Si. The molecule has 1 saturated heterocycles. The predicted octanol–water partition coefficient (Wildman–Crippen LogP) is 5.56. The lowest BCUT2D eigenvalue weighted by atomic mass is 9.94. The fraction of sp³-hybridized carbons (Fsp3) is 0.643. The van der Waals surface area contributed by atoms with Gasteiger partial charge in [0.05, 0.1) is 30.6 Å². The summed E-state index contributed by atoms with van der Waals surface area (Å²) in [6.45, 7) is 22.1. The van der Waals surface area contributed by atoms with E-state index in [4.69, 9.17) is 18.9 Å². The van der Waals surface area contributed by atoms with Crippen LogP contribution in [-0.2, 0) is 9.16 Å². The number of anilines is 1. The van der Waals surface area contributed by atoms with E-state index >= 15 is 0 Å². The van der Waals surface area contributed by atoms with E-state index in [0.29, 0.717) is 29.4 Å². The minimum absolute atomic E-state index is 0.0278. The van der Waals surface area contributed by atoms with Gasteiger partial charge in [-0.05, 0) is 65.6 Å². The Bertz CT molecular complexity index is 1080. The molecule has 2 aromatic heterocycles. The van der Waals surface area contributed by atoms with Crippen LogP contribution in [-0.4, -0.2) is 74.3 Å². The smallest absolute Gasteiger partial charge is 0.410 e. The summed E-state index contributed by atoms with van der Waals surface area (Å²) in [5, 5.41) is 0.0278. The van der Waals surface area contributed by atoms with E-state index in [1.54, 1.807) is 7.11 Å². The summed E-state index contributed by atoms with van der Waals surface area (Å²) in [6, 6.07) is 5.91. The van der Waals surface area contributed by atoms with Gasteiger partial charge in [-0.3, -0.25) is 4.90 Å². The Morgan fingerprint density at radius 3 is 2.19 bits per heavy atom. The zero-order chi connectivity index (χ0) is 27.8. The highest BCUT2D eigenvalue weighted by Gasteiger charge is 2.43. The lowest BCUT2D eigenvalue weighted by molar-refractivity contribution is -0.0296. The van der Waals surface area contributed by atoms with Crippen molar-refractivity contribution in [1.29, 1.82) is 0 Å². The molecule has 2 radical (unpaired) electrons. The van der Waals surface area contributed by atoms with Gasteiger partial charge in [-0.2, -0.15) is 0 Å². The molecule has 0 spiro atoms. The number of aromatic nitrogens is 2. The van der Waals surface area contributed by atoms with Gasteiger partial charge >= 0.3 is 6.09 Å². The fourth-order valence-electron chi connectivity index (χ4n) is 4.46. The summed E-state index contributed by atoms with van der Waals surface area (Å²) in [5.41, 5.74) is 1.96. The van der Waals surface area contributed by atoms with E-state index in [-0.39, 0.29) is 17.2 Å². The molecule has 0 aliphatic carbocycles. The van der Waals surface area contributed by atoms with Gasteiger partial charge in [0.15, 0.2) is 0 Å². The summed E-state index contributed by atoms with van der Waals surface area (Å²) in [7, 11) is 1.98. The molecule has 3 rings (SSSR count). The number of hydrogen-bond acceptors (Lipinski definition) is 6. The second kappa shape index (κ2) is 10.7. The Morgan fingerprint density at radius 1 is 1.03 bits per heavy atom. The van der Waals surface area contributed by atoms with E-state index in [1.165, 1.54) is 0 Å². The maximum absolute atomic E-state index is 13.3. The molecule has 8 nitrogen and oxygen atoms in total. The van der Waals surface area contributed by atoms with Gasteiger partial charge in [-0.15, -0.1) is 0 Å². The highest BCUT2D eigenvalue weighted by atomic mass is 28.2. The maximum Gasteiger partial charge on any atom is 0.410 e. The quantitative estimate of drug-likeness (QED) is 0.458. The first kappa shape index (κ1) is 29.0. The third-order valence-corrected chi connectivity index (χ3v) is 7.56. The molecule has 0 aromatic carbocycles. The molecule has 0 bridgehead atoms. The number of nitrogens with zero attached hydrogens (tertiary/aromatic N) is 4. The van der Waals surface area contributed by atoms with E-state index in [9.17, 15) is 4.79 Å². The summed E-state index contributed by atoms with van der Waals surface area (Å²) in [6.07, 6.45) is 1.56. The van der Waals surface area contributed by atoms with E-state index < -0.39 is 11.2 Å². The molecule has 1 fully saturated rings. The summed E-state index contributed by atoms with van der Waals surface area (Å²) in [5.74, 6) is 1.57. The van der Waals surface area contributed by atoms with Crippen LogP contribution in [0.4, 0.5) is 10.5 Å². The average Bonchev–Trinajstić information content (AvgIpc) is 3.13. The fourth-order valence-corrected chi connectivity index (χ4v) is 5.17. The van der Waals surface area contributed by atoms with Gasteiger partial charge in [0.2, 0.25) is 9.76 Å². The topological polar surface area (TPSA) is 69.1 Å². The second-order valence-corrected chi connectivity index (χ2v) is 14.3. The first-order chi connectivity index (χ1) is 17.0. The average molecular weight is 529 g/mol. The molecule has 1 aliphatic heterocycles. The molecule has 0 unspecified atom stereocenters. The summed E-state index contributed by atoms with van der Waals surface area (Å²) < 4.78 is 20.2. The Morgan fingerprint density at radius 2 is 1.65 bits per heavy atom. The molecule has 2 aromatic rings. The first-order valence-electron chi connectivity index (χ1n) is 12.9. The Kier molecular flexibility index (Phi) is 8.39. The molecule has 1 aliphatic rings. The molecule has 0 N–H and O–H groups in total. The van der Waals surface area contributed by atoms with Crippen LogP contribution in [0.1, 0.15) is 66.8 Å². The van der Waals surface area contributed by atoms with Gasteiger partial charge in [0, 0.05) is 37.1 Å². The van der Waals surface area contributed by atoms with E-state index in [1.807, 2.05) is 37.9 Å². The van der Waals surface area contributed by atoms with Crippen LogP contribution >= 0.6 is 0 Å². The van der Waals surface area contributed by atoms with Gasteiger partial charge in [0.1, 0.15) is 17.2 Å². The molecule has 3 heterocycles. The van der Waals surface area contributed by atoms with Crippen molar-refractivity contribution >= 4 is 21.5 Å². The van der Waals surface area contributed by atoms with E-state index in [0.717, 1.165) is 28.6 Å². The third-order valence-electron chi connectivity index (χ3n) is 6.32. The molecule has 37 heavy (non-hydrogen) atoms. The normalized spacial score (nSPS) is 17.2. The van der Waals surface area contributed by atoms with Gasteiger partial charge < -0.3 is 23.4 Å². The SMILES string of the molecule is COc1cc(-n2c(C)ccc2C)ncc1N1CCN(C(=O)OC(C)(C)C)[C@@H](C(C)(C)O[Si]C(C)(C)C)C1. The number of methoxy groups -OCH3 is 1. The molecule has 9 heteroatoms. The highest BCUT2D eigenvalue weighted by molar-refractivity contribution is 6.31. The molecular weight excluding hydrogens is 484 g/mol. The Labute approximate surface area is 225 Å². The molecule has 1 atom stereocenters. The van der Waals surface area contributed by atoms with Gasteiger partial charge in [-0.1, -0.05) is 20.8 Å². The molecule has 204 valence electrons. The van der Waals surface area contributed by atoms with Crippen LogP contribution in [0.5, 0.6) is 5.75 Å². The largest absolute Gasteiger partial charge is 0.494 e. The second-order valence-electron chi connectivity index (χ2n) is 12.4. The molecule has 1 amide bonds.